The summed E-state index contributed by atoms with van der Waals surface area (Å²) in [5.41, 5.74) is 4.49. The van der Waals surface area contributed by atoms with E-state index in [0.717, 1.165) is 29.4 Å². The van der Waals surface area contributed by atoms with Gasteiger partial charge >= 0.3 is 5.97 Å². The Morgan fingerprint density at radius 1 is 1.40 bits per heavy atom. The molecule has 0 aliphatic heterocycles. The second-order valence-electron chi connectivity index (χ2n) is 4.71. The largest absolute Gasteiger partial charge is 0.478 e. The Morgan fingerprint density at radius 3 is 2.80 bits per heavy atom. The number of thiophene rings is 1. The van der Waals surface area contributed by atoms with Crippen LogP contribution < -0.4 is 4.90 Å². The van der Waals surface area contributed by atoms with Crippen LogP contribution in [0.25, 0.3) is 6.08 Å². The summed E-state index contributed by atoms with van der Waals surface area (Å²) < 4.78 is 0. The van der Waals surface area contributed by atoms with Gasteiger partial charge in [0.25, 0.3) is 0 Å². The summed E-state index contributed by atoms with van der Waals surface area (Å²) >= 11 is 1.70. The lowest BCUT2D eigenvalue weighted by Crippen LogP contribution is -2.16. The first-order chi connectivity index (χ1) is 9.56. The topological polar surface area (TPSA) is 40.5 Å². The standard InChI is InChI=1S/C16H17NO2S/c1-12-9-13(4-6-16(18)19)3-5-15(12)17(2)10-14-7-8-20-11-14/h3-9,11H,10H2,1-2H3,(H,18,19). The predicted molar refractivity (Wildman–Crippen MR) is 84.3 cm³/mol. The van der Waals surface area contributed by atoms with Crippen molar-refractivity contribution in [2.45, 2.75) is 13.5 Å². The minimum Gasteiger partial charge on any atom is -0.478 e. The van der Waals surface area contributed by atoms with Gasteiger partial charge in [0.05, 0.1) is 0 Å². The zero-order valence-corrected chi connectivity index (χ0v) is 12.4. The number of aryl methyl sites for hydroxylation is 1. The van der Waals surface area contributed by atoms with Gasteiger partial charge in [0.15, 0.2) is 0 Å². The Labute approximate surface area is 122 Å². The fourth-order valence-corrected chi connectivity index (χ4v) is 2.78. The molecule has 1 N–H and O–H groups in total. The minimum atomic E-state index is -0.929. The molecule has 0 atom stereocenters. The lowest BCUT2D eigenvalue weighted by Gasteiger charge is -2.21. The first-order valence-electron chi connectivity index (χ1n) is 6.30. The van der Waals surface area contributed by atoms with Crippen molar-refractivity contribution in [3.8, 4) is 0 Å². The minimum absolute atomic E-state index is 0.870. The number of nitrogens with zero attached hydrogens (tertiary/aromatic N) is 1. The first-order valence-corrected chi connectivity index (χ1v) is 7.24. The smallest absolute Gasteiger partial charge is 0.328 e. The molecule has 0 fully saturated rings. The van der Waals surface area contributed by atoms with Crippen molar-refractivity contribution < 1.29 is 9.90 Å². The van der Waals surface area contributed by atoms with Gasteiger partial charge in [0, 0.05) is 25.4 Å². The van der Waals surface area contributed by atoms with Crippen molar-refractivity contribution in [1.29, 1.82) is 0 Å². The van der Waals surface area contributed by atoms with Crippen molar-refractivity contribution in [3.63, 3.8) is 0 Å². The van der Waals surface area contributed by atoms with Gasteiger partial charge in [-0.3, -0.25) is 0 Å². The van der Waals surface area contributed by atoms with E-state index in [1.807, 2.05) is 25.1 Å². The summed E-state index contributed by atoms with van der Waals surface area (Å²) in [7, 11) is 2.06. The Hall–Kier alpha value is -2.07. The average Bonchev–Trinajstić information content (AvgIpc) is 2.89. The van der Waals surface area contributed by atoms with E-state index in [1.165, 1.54) is 5.56 Å². The van der Waals surface area contributed by atoms with E-state index in [2.05, 4.69) is 28.8 Å². The maximum Gasteiger partial charge on any atom is 0.328 e. The second kappa shape index (κ2) is 6.39. The third kappa shape index (κ3) is 3.71. The summed E-state index contributed by atoms with van der Waals surface area (Å²) in [6, 6.07) is 8.09. The van der Waals surface area contributed by atoms with Gasteiger partial charge in [0.1, 0.15) is 0 Å². The summed E-state index contributed by atoms with van der Waals surface area (Å²) in [5.74, 6) is -0.929. The molecule has 0 aliphatic rings. The van der Waals surface area contributed by atoms with Gasteiger partial charge in [-0.25, -0.2) is 4.79 Å². The number of hydrogen-bond acceptors (Lipinski definition) is 3. The monoisotopic (exact) mass is 287 g/mol. The number of benzene rings is 1. The summed E-state index contributed by atoms with van der Waals surface area (Å²) in [6.07, 6.45) is 2.77. The van der Waals surface area contributed by atoms with Crippen LogP contribution in [0.2, 0.25) is 0 Å². The lowest BCUT2D eigenvalue weighted by atomic mass is 10.1. The van der Waals surface area contributed by atoms with E-state index in [1.54, 1.807) is 17.4 Å². The van der Waals surface area contributed by atoms with Crippen LogP contribution in [0, 0.1) is 6.92 Å². The number of carboxylic acids is 1. The summed E-state index contributed by atoms with van der Waals surface area (Å²) in [5, 5.41) is 12.9. The zero-order valence-electron chi connectivity index (χ0n) is 11.5. The van der Waals surface area contributed by atoms with E-state index in [0.29, 0.717) is 0 Å². The number of aliphatic carboxylic acids is 1. The quantitative estimate of drug-likeness (QED) is 0.851. The summed E-state index contributed by atoms with van der Waals surface area (Å²) in [4.78, 5) is 12.7. The van der Waals surface area contributed by atoms with Gasteiger partial charge in [-0.2, -0.15) is 11.3 Å². The molecule has 0 spiro atoms. The lowest BCUT2D eigenvalue weighted by molar-refractivity contribution is -0.131. The van der Waals surface area contributed by atoms with Crippen molar-refractivity contribution in [1.82, 2.24) is 0 Å². The van der Waals surface area contributed by atoms with E-state index in [4.69, 9.17) is 5.11 Å². The van der Waals surface area contributed by atoms with Crippen molar-refractivity contribution >= 4 is 29.1 Å². The van der Waals surface area contributed by atoms with Crippen LogP contribution in [0.4, 0.5) is 5.69 Å². The van der Waals surface area contributed by atoms with Crippen molar-refractivity contribution in [2.24, 2.45) is 0 Å². The van der Waals surface area contributed by atoms with Crippen LogP contribution in [0.5, 0.6) is 0 Å². The fourth-order valence-electron chi connectivity index (χ4n) is 2.12. The molecular weight excluding hydrogens is 270 g/mol. The molecule has 3 nitrogen and oxygen atoms in total. The molecule has 1 aromatic heterocycles. The molecule has 104 valence electrons. The van der Waals surface area contributed by atoms with Crippen LogP contribution in [0.15, 0.2) is 41.1 Å². The molecule has 1 aromatic carbocycles. The van der Waals surface area contributed by atoms with E-state index < -0.39 is 5.97 Å². The average molecular weight is 287 g/mol. The van der Waals surface area contributed by atoms with Gasteiger partial charge in [-0.1, -0.05) is 6.07 Å². The van der Waals surface area contributed by atoms with E-state index in [-0.39, 0.29) is 0 Å². The highest BCUT2D eigenvalue weighted by Gasteiger charge is 2.06. The maximum absolute atomic E-state index is 10.5. The number of carbonyl (C=O) groups is 1. The molecule has 1 heterocycles. The SMILES string of the molecule is Cc1cc(C=CC(=O)O)ccc1N(C)Cc1ccsc1. The number of rotatable bonds is 5. The van der Waals surface area contributed by atoms with E-state index in [9.17, 15) is 4.79 Å². The molecule has 4 heteroatoms. The molecule has 2 rings (SSSR count). The highest BCUT2D eigenvalue weighted by atomic mass is 32.1. The Kier molecular flexibility index (Phi) is 4.58. The molecule has 0 bridgehead atoms. The molecule has 2 aromatic rings. The molecule has 0 radical (unpaired) electrons. The Morgan fingerprint density at radius 2 is 2.20 bits per heavy atom. The highest BCUT2D eigenvalue weighted by Crippen LogP contribution is 2.23. The molecule has 20 heavy (non-hydrogen) atoms. The number of anilines is 1. The molecular formula is C16H17NO2S. The number of hydrogen-bond donors (Lipinski definition) is 1. The summed E-state index contributed by atoms with van der Waals surface area (Å²) in [6.45, 7) is 2.91. The predicted octanol–water partition coefficient (Wildman–Crippen LogP) is 3.79. The van der Waals surface area contributed by atoms with Crippen LogP contribution in [0.1, 0.15) is 16.7 Å². The molecule has 0 aliphatic carbocycles. The van der Waals surface area contributed by atoms with Gasteiger partial charge < -0.3 is 10.0 Å². The molecule has 0 saturated carbocycles. The first kappa shape index (κ1) is 14.3. The van der Waals surface area contributed by atoms with Crippen LogP contribution in [-0.4, -0.2) is 18.1 Å². The highest BCUT2D eigenvalue weighted by molar-refractivity contribution is 7.07. The maximum atomic E-state index is 10.5. The molecule has 0 saturated heterocycles. The third-order valence-electron chi connectivity index (χ3n) is 3.05. The normalized spacial score (nSPS) is 10.9. The third-order valence-corrected chi connectivity index (χ3v) is 3.78. The van der Waals surface area contributed by atoms with E-state index >= 15 is 0 Å². The van der Waals surface area contributed by atoms with Crippen molar-refractivity contribution in [2.75, 3.05) is 11.9 Å². The molecule has 0 amide bonds. The van der Waals surface area contributed by atoms with Crippen molar-refractivity contribution in [3.05, 3.63) is 57.8 Å². The molecule has 0 unspecified atom stereocenters. The second-order valence-corrected chi connectivity index (χ2v) is 5.49. The van der Waals surface area contributed by atoms with Crippen LogP contribution >= 0.6 is 11.3 Å². The van der Waals surface area contributed by atoms with Crippen LogP contribution in [0.3, 0.4) is 0 Å². The zero-order chi connectivity index (χ0) is 14.5. The number of carboxylic acid groups (broad SMARTS) is 1. The fraction of sp³-hybridized carbons (Fsp3) is 0.188. The van der Waals surface area contributed by atoms with Crippen LogP contribution in [-0.2, 0) is 11.3 Å². The van der Waals surface area contributed by atoms with Gasteiger partial charge in [0.2, 0.25) is 0 Å². The Bertz CT molecular complexity index is 617. The van der Waals surface area contributed by atoms with Gasteiger partial charge in [-0.15, -0.1) is 0 Å². The Balaban J connectivity index is 2.14. The van der Waals surface area contributed by atoms with Gasteiger partial charge in [-0.05, 0) is 58.6 Å².